The van der Waals surface area contributed by atoms with Crippen LogP contribution in [0.4, 0.5) is 0 Å². The first kappa shape index (κ1) is 16.9. The number of rotatable bonds is 3. The zero-order chi connectivity index (χ0) is 18.9. The Morgan fingerprint density at radius 2 is 2.11 bits per heavy atom. The van der Waals surface area contributed by atoms with Crippen LogP contribution in [-0.4, -0.2) is 52.3 Å². The van der Waals surface area contributed by atoms with E-state index in [2.05, 4.69) is 21.2 Å². The van der Waals surface area contributed by atoms with Gasteiger partial charge in [0.25, 0.3) is 5.91 Å². The molecule has 0 spiro atoms. The summed E-state index contributed by atoms with van der Waals surface area (Å²) >= 11 is 0. The van der Waals surface area contributed by atoms with Gasteiger partial charge >= 0.3 is 0 Å². The molecule has 2 aliphatic rings. The van der Waals surface area contributed by atoms with Gasteiger partial charge < -0.3 is 18.9 Å². The molecular weight excluding hydrogens is 360 g/mol. The summed E-state index contributed by atoms with van der Waals surface area (Å²) in [5.74, 6) is 1.24. The maximum atomic E-state index is 13.2. The molecule has 28 heavy (non-hydrogen) atoms. The number of pyridine rings is 1. The third-order valence-electron chi connectivity index (χ3n) is 5.07. The minimum Gasteiger partial charge on any atom is -0.493 e. The van der Waals surface area contributed by atoms with Crippen LogP contribution in [0.5, 0.6) is 5.75 Å². The number of hydrogen-bond donors (Lipinski definition) is 0. The Hall–Kier alpha value is -3.26. The molecule has 0 saturated carbocycles. The number of nitrogens with zero attached hydrogens (tertiary/aromatic N) is 4. The van der Waals surface area contributed by atoms with E-state index in [1.807, 2.05) is 18.2 Å². The summed E-state index contributed by atoms with van der Waals surface area (Å²) < 4.78 is 15.9. The first-order chi connectivity index (χ1) is 13.8. The predicted octanol–water partition coefficient (Wildman–Crippen LogP) is 2.28. The second-order valence-corrected chi connectivity index (χ2v) is 6.76. The average molecular weight is 378 g/mol. The SMILES string of the molecule is O=C(c1cncc(-c2ccc3c(c2)CCO3)c1)N1CCOC[C@H]1c1ncon1. The van der Waals surface area contributed by atoms with Crippen LogP contribution in [0.1, 0.15) is 27.8 Å². The Bertz CT molecular complexity index is 1010. The van der Waals surface area contributed by atoms with E-state index >= 15 is 0 Å². The van der Waals surface area contributed by atoms with E-state index in [1.54, 1.807) is 17.3 Å². The Kier molecular flexibility index (Phi) is 4.25. The zero-order valence-corrected chi connectivity index (χ0v) is 15.1. The molecule has 1 atom stereocenters. The van der Waals surface area contributed by atoms with Crippen molar-refractivity contribution >= 4 is 5.91 Å². The van der Waals surface area contributed by atoms with E-state index in [0.717, 1.165) is 23.3 Å². The molecule has 0 radical (unpaired) electrons. The highest BCUT2D eigenvalue weighted by atomic mass is 16.5. The van der Waals surface area contributed by atoms with Crippen molar-refractivity contribution < 1.29 is 18.8 Å². The number of aromatic nitrogens is 3. The van der Waals surface area contributed by atoms with Gasteiger partial charge in [-0.2, -0.15) is 4.98 Å². The van der Waals surface area contributed by atoms with Gasteiger partial charge in [0.2, 0.25) is 6.39 Å². The van der Waals surface area contributed by atoms with Crippen molar-refractivity contribution in [1.82, 2.24) is 20.0 Å². The molecule has 0 unspecified atom stereocenters. The molecule has 1 saturated heterocycles. The van der Waals surface area contributed by atoms with Gasteiger partial charge in [0.05, 0.1) is 25.4 Å². The lowest BCUT2D eigenvalue weighted by Crippen LogP contribution is -2.43. The standard InChI is InChI=1S/C20H18N4O4/c25-20(24-4-6-26-11-17(24)19-22-12-28-23-19)16-8-15(9-21-10-16)13-1-2-18-14(7-13)3-5-27-18/h1-2,7-10,12,17H,3-6,11H2/t17-/m0/s1. The molecule has 8 nitrogen and oxygen atoms in total. The highest BCUT2D eigenvalue weighted by molar-refractivity contribution is 5.95. The lowest BCUT2D eigenvalue weighted by molar-refractivity contribution is -0.00578. The lowest BCUT2D eigenvalue weighted by Gasteiger charge is -2.33. The topological polar surface area (TPSA) is 90.6 Å². The van der Waals surface area contributed by atoms with Gasteiger partial charge in [-0.3, -0.25) is 9.78 Å². The van der Waals surface area contributed by atoms with Crippen molar-refractivity contribution in [3.63, 3.8) is 0 Å². The molecule has 2 aromatic heterocycles. The van der Waals surface area contributed by atoms with Gasteiger partial charge in [-0.05, 0) is 29.3 Å². The fraction of sp³-hybridized carbons (Fsp3) is 0.300. The summed E-state index contributed by atoms with van der Waals surface area (Å²) in [6.45, 7) is 1.98. The highest BCUT2D eigenvalue weighted by Crippen LogP contribution is 2.31. The molecule has 0 N–H and O–H groups in total. The largest absolute Gasteiger partial charge is 0.493 e. The van der Waals surface area contributed by atoms with Crippen LogP contribution in [-0.2, 0) is 11.2 Å². The summed E-state index contributed by atoms with van der Waals surface area (Å²) in [5.41, 5.74) is 3.61. The van der Waals surface area contributed by atoms with E-state index in [4.69, 9.17) is 14.0 Å². The maximum absolute atomic E-state index is 13.2. The molecule has 2 aliphatic heterocycles. The minimum absolute atomic E-state index is 0.128. The van der Waals surface area contributed by atoms with E-state index in [0.29, 0.717) is 37.8 Å². The van der Waals surface area contributed by atoms with Crippen LogP contribution in [0.25, 0.3) is 11.1 Å². The fourth-order valence-corrected chi connectivity index (χ4v) is 3.63. The van der Waals surface area contributed by atoms with Crippen molar-refractivity contribution in [1.29, 1.82) is 0 Å². The number of morpholine rings is 1. The Morgan fingerprint density at radius 3 is 3.00 bits per heavy atom. The fourth-order valence-electron chi connectivity index (χ4n) is 3.63. The number of carbonyl (C=O) groups excluding carboxylic acids is 1. The molecule has 142 valence electrons. The third kappa shape index (κ3) is 3.01. The normalized spacial score (nSPS) is 18.6. The van der Waals surface area contributed by atoms with Crippen LogP contribution in [0.3, 0.4) is 0 Å². The second-order valence-electron chi connectivity index (χ2n) is 6.76. The van der Waals surface area contributed by atoms with Crippen LogP contribution >= 0.6 is 0 Å². The predicted molar refractivity (Wildman–Crippen MR) is 97.8 cm³/mol. The first-order valence-corrected chi connectivity index (χ1v) is 9.16. The van der Waals surface area contributed by atoms with Crippen molar-refractivity contribution in [2.75, 3.05) is 26.4 Å². The number of benzene rings is 1. The van der Waals surface area contributed by atoms with Crippen LogP contribution in [0.15, 0.2) is 47.6 Å². The molecule has 5 rings (SSSR count). The Morgan fingerprint density at radius 1 is 1.14 bits per heavy atom. The Balaban J connectivity index is 1.44. The summed E-state index contributed by atoms with van der Waals surface area (Å²) in [6, 6.07) is 7.56. The molecular formula is C20H18N4O4. The van der Waals surface area contributed by atoms with Gasteiger partial charge in [-0.1, -0.05) is 11.2 Å². The van der Waals surface area contributed by atoms with Gasteiger partial charge in [-0.25, -0.2) is 0 Å². The Labute approximate surface area is 161 Å². The van der Waals surface area contributed by atoms with Gasteiger partial charge in [0.1, 0.15) is 11.8 Å². The van der Waals surface area contributed by atoms with Crippen molar-refractivity contribution in [2.24, 2.45) is 0 Å². The number of carbonyl (C=O) groups is 1. The monoisotopic (exact) mass is 378 g/mol. The van der Waals surface area contributed by atoms with Crippen molar-refractivity contribution in [3.8, 4) is 16.9 Å². The zero-order valence-electron chi connectivity index (χ0n) is 15.1. The first-order valence-electron chi connectivity index (χ1n) is 9.16. The van der Waals surface area contributed by atoms with Crippen LogP contribution < -0.4 is 4.74 Å². The lowest BCUT2D eigenvalue weighted by atomic mass is 10.0. The average Bonchev–Trinajstić information content (AvgIpc) is 3.45. The molecule has 1 fully saturated rings. The molecule has 1 amide bonds. The number of amides is 1. The van der Waals surface area contributed by atoms with Crippen LogP contribution in [0.2, 0.25) is 0 Å². The van der Waals surface area contributed by atoms with E-state index in [-0.39, 0.29) is 11.9 Å². The van der Waals surface area contributed by atoms with E-state index in [9.17, 15) is 4.79 Å². The van der Waals surface area contributed by atoms with Gasteiger partial charge in [0, 0.05) is 30.9 Å². The van der Waals surface area contributed by atoms with E-state index < -0.39 is 0 Å². The van der Waals surface area contributed by atoms with Crippen LogP contribution in [0, 0.1) is 0 Å². The highest BCUT2D eigenvalue weighted by Gasteiger charge is 2.32. The molecule has 0 bridgehead atoms. The van der Waals surface area contributed by atoms with Crippen molar-refractivity contribution in [3.05, 3.63) is 60.0 Å². The summed E-state index contributed by atoms with van der Waals surface area (Å²) in [6.07, 6.45) is 5.51. The molecule has 1 aromatic carbocycles. The quantitative estimate of drug-likeness (QED) is 0.690. The van der Waals surface area contributed by atoms with Crippen molar-refractivity contribution in [2.45, 2.75) is 12.5 Å². The minimum atomic E-state index is -0.374. The molecule has 3 aromatic rings. The maximum Gasteiger partial charge on any atom is 0.256 e. The smallest absolute Gasteiger partial charge is 0.256 e. The summed E-state index contributed by atoms with van der Waals surface area (Å²) in [7, 11) is 0. The van der Waals surface area contributed by atoms with Gasteiger partial charge in [0.15, 0.2) is 5.82 Å². The molecule has 8 heteroatoms. The number of fused-ring (bicyclic) bond motifs is 1. The second kappa shape index (κ2) is 7.05. The summed E-state index contributed by atoms with van der Waals surface area (Å²) in [4.78, 5) is 23.3. The molecule has 0 aliphatic carbocycles. The molecule has 4 heterocycles. The number of hydrogen-bond acceptors (Lipinski definition) is 7. The van der Waals surface area contributed by atoms with Gasteiger partial charge in [-0.15, -0.1) is 0 Å². The number of ether oxygens (including phenoxy) is 2. The van der Waals surface area contributed by atoms with E-state index in [1.165, 1.54) is 12.0 Å². The third-order valence-corrected chi connectivity index (χ3v) is 5.07. The summed E-state index contributed by atoms with van der Waals surface area (Å²) in [5, 5.41) is 3.88.